The van der Waals surface area contributed by atoms with Crippen molar-refractivity contribution >= 4 is 18.3 Å². The summed E-state index contributed by atoms with van der Waals surface area (Å²) in [7, 11) is 1.63. The Morgan fingerprint density at radius 1 is 1.04 bits per heavy atom. The fourth-order valence-corrected chi connectivity index (χ4v) is 2.00. The van der Waals surface area contributed by atoms with E-state index in [2.05, 4.69) is 10.6 Å². The fourth-order valence-electron chi connectivity index (χ4n) is 2.00. The van der Waals surface area contributed by atoms with Gasteiger partial charge in [0.15, 0.2) is 0 Å². The SMILES string of the molecule is COCCNCC(=O)NCc1ccccc1Oc1ccccc1.Cl. The molecule has 5 nitrogen and oxygen atoms in total. The first-order valence-corrected chi connectivity index (χ1v) is 7.57. The van der Waals surface area contributed by atoms with E-state index in [0.717, 1.165) is 17.1 Å². The molecule has 0 aliphatic carbocycles. The number of carbonyl (C=O) groups is 1. The van der Waals surface area contributed by atoms with Crippen LogP contribution in [0.15, 0.2) is 54.6 Å². The topological polar surface area (TPSA) is 59.6 Å². The molecule has 24 heavy (non-hydrogen) atoms. The van der Waals surface area contributed by atoms with Gasteiger partial charge in [-0.15, -0.1) is 12.4 Å². The maximum absolute atomic E-state index is 11.8. The van der Waals surface area contributed by atoms with Gasteiger partial charge in [-0.2, -0.15) is 0 Å². The molecule has 6 heteroatoms. The van der Waals surface area contributed by atoms with Crippen molar-refractivity contribution < 1.29 is 14.3 Å². The van der Waals surface area contributed by atoms with E-state index in [0.29, 0.717) is 19.7 Å². The van der Waals surface area contributed by atoms with Crippen LogP contribution in [-0.2, 0) is 16.1 Å². The molecule has 2 rings (SSSR count). The van der Waals surface area contributed by atoms with Crippen molar-refractivity contribution in [2.45, 2.75) is 6.54 Å². The van der Waals surface area contributed by atoms with Gasteiger partial charge in [-0.3, -0.25) is 4.79 Å². The van der Waals surface area contributed by atoms with E-state index in [-0.39, 0.29) is 24.9 Å². The molecule has 0 saturated carbocycles. The van der Waals surface area contributed by atoms with Crippen LogP contribution in [0.1, 0.15) is 5.56 Å². The number of rotatable bonds is 9. The van der Waals surface area contributed by atoms with E-state index >= 15 is 0 Å². The predicted molar refractivity (Wildman–Crippen MR) is 96.8 cm³/mol. The lowest BCUT2D eigenvalue weighted by Crippen LogP contribution is -2.34. The Hall–Kier alpha value is -2.08. The molecule has 0 aromatic heterocycles. The van der Waals surface area contributed by atoms with Crippen LogP contribution in [0.25, 0.3) is 0 Å². The molecule has 0 aliphatic heterocycles. The van der Waals surface area contributed by atoms with E-state index in [1.165, 1.54) is 0 Å². The van der Waals surface area contributed by atoms with Gasteiger partial charge < -0.3 is 20.1 Å². The lowest BCUT2D eigenvalue weighted by molar-refractivity contribution is -0.120. The monoisotopic (exact) mass is 350 g/mol. The first-order chi connectivity index (χ1) is 11.3. The van der Waals surface area contributed by atoms with E-state index in [4.69, 9.17) is 9.47 Å². The molecule has 0 aliphatic rings. The fraction of sp³-hybridized carbons (Fsp3) is 0.278. The maximum Gasteiger partial charge on any atom is 0.234 e. The third-order valence-electron chi connectivity index (χ3n) is 3.19. The second kappa shape index (κ2) is 11.5. The zero-order valence-electron chi connectivity index (χ0n) is 13.7. The average Bonchev–Trinajstić information content (AvgIpc) is 2.59. The minimum atomic E-state index is -0.0596. The Morgan fingerprint density at radius 2 is 1.75 bits per heavy atom. The number of nitrogens with one attached hydrogen (secondary N) is 2. The third-order valence-corrected chi connectivity index (χ3v) is 3.19. The summed E-state index contributed by atoms with van der Waals surface area (Å²) in [6, 6.07) is 17.3. The van der Waals surface area contributed by atoms with Crippen molar-refractivity contribution in [3.8, 4) is 11.5 Å². The van der Waals surface area contributed by atoms with Crippen molar-refractivity contribution in [3.05, 3.63) is 60.2 Å². The van der Waals surface area contributed by atoms with Crippen LogP contribution in [0.2, 0.25) is 0 Å². The molecular formula is C18H23ClN2O3. The summed E-state index contributed by atoms with van der Waals surface area (Å²) in [5.74, 6) is 1.45. The highest BCUT2D eigenvalue weighted by molar-refractivity contribution is 5.85. The summed E-state index contributed by atoms with van der Waals surface area (Å²) in [5, 5.41) is 5.89. The Morgan fingerprint density at radius 3 is 2.50 bits per heavy atom. The molecule has 0 spiro atoms. The first-order valence-electron chi connectivity index (χ1n) is 7.57. The molecule has 0 bridgehead atoms. The standard InChI is InChI=1S/C18H22N2O3.ClH/c1-22-12-11-19-14-18(21)20-13-15-7-5-6-10-17(15)23-16-8-3-2-4-9-16;/h2-10,19H,11-14H2,1H3,(H,20,21);1H. The summed E-state index contributed by atoms with van der Waals surface area (Å²) in [5.41, 5.74) is 0.932. The number of benzene rings is 2. The summed E-state index contributed by atoms with van der Waals surface area (Å²) in [6.45, 7) is 1.93. The lowest BCUT2D eigenvalue weighted by atomic mass is 10.2. The molecule has 0 saturated heterocycles. The van der Waals surface area contributed by atoms with Crippen molar-refractivity contribution in [3.63, 3.8) is 0 Å². The Balaban J connectivity index is 0.00000288. The number of methoxy groups -OCH3 is 1. The van der Waals surface area contributed by atoms with Crippen molar-refractivity contribution in [1.29, 1.82) is 0 Å². The number of halogens is 1. The number of hydrogen-bond donors (Lipinski definition) is 2. The molecule has 130 valence electrons. The highest BCUT2D eigenvalue weighted by atomic mass is 35.5. The second-order valence-electron chi connectivity index (χ2n) is 4.97. The molecule has 0 heterocycles. The number of para-hydroxylation sites is 2. The Bertz CT molecular complexity index is 608. The largest absolute Gasteiger partial charge is 0.457 e. The van der Waals surface area contributed by atoms with E-state index in [9.17, 15) is 4.79 Å². The molecule has 0 atom stereocenters. The van der Waals surface area contributed by atoms with Gasteiger partial charge in [0.2, 0.25) is 5.91 Å². The molecule has 0 unspecified atom stereocenters. The molecule has 0 radical (unpaired) electrons. The minimum absolute atomic E-state index is 0. The summed E-state index contributed by atoms with van der Waals surface area (Å²) in [4.78, 5) is 11.8. The summed E-state index contributed by atoms with van der Waals surface area (Å²) in [6.07, 6.45) is 0. The van der Waals surface area contributed by atoms with Crippen LogP contribution in [-0.4, -0.2) is 32.7 Å². The quantitative estimate of drug-likeness (QED) is 0.683. The zero-order chi connectivity index (χ0) is 16.3. The highest BCUT2D eigenvalue weighted by Gasteiger charge is 2.06. The summed E-state index contributed by atoms with van der Waals surface area (Å²) >= 11 is 0. The molecular weight excluding hydrogens is 328 g/mol. The zero-order valence-corrected chi connectivity index (χ0v) is 14.5. The molecule has 2 aromatic carbocycles. The second-order valence-corrected chi connectivity index (χ2v) is 4.97. The van der Waals surface area contributed by atoms with Crippen molar-refractivity contribution in [2.75, 3.05) is 26.8 Å². The van der Waals surface area contributed by atoms with E-state index in [1.807, 2.05) is 54.6 Å². The van der Waals surface area contributed by atoms with Gasteiger partial charge in [0.1, 0.15) is 11.5 Å². The van der Waals surface area contributed by atoms with E-state index < -0.39 is 0 Å². The van der Waals surface area contributed by atoms with Gasteiger partial charge in [0.05, 0.1) is 13.2 Å². The van der Waals surface area contributed by atoms with Crippen LogP contribution in [0.3, 0.4) is 0 Å². The predicted octanol–water partition coefficient (Wildman–Crippen LogP) is 2.75. The van der Waals surface area contributed by atoms with Crippen LogP contribution in [0, 0.1) is 0 Å². The molecule has 2 N–H and O–H groups in total. The molecule has 0 fully saturated rings. The minimum Gasteiger partial charge on any atom is -0.457 e. The van der Waals surface area contributed by atoms with Gasteiger partial charge in [-0.1, -0.05) is 36.4 Å². The maximum atomic E-state index is 11.8. The van der Waals surface area contributed by atoms with Gasteiger partial charge >= 0.3 is 0 Å². The van der Waals surface area contributed by atoms with Crippen LogP contribution in [0.4, 0.5) is 0 Å². The molecule has 1 amide bonds. The third kappa shape index (κ3) is 7.00. The summed E-state index contributed by atoms with van der Waals surface area (Å²) < 4.78 is 10.8. The van der Waals surface area contributed by atoms with Crippen molar-refractivity contribution in [1.82, 2.24) is 10.6 Å². The van der Waals surface area contributed by atoms with E-state index in [1.54, 1.807) is 7.11 Å². The lowest BCUT2D eigenvalue weighted by Gasteiger charge is -2.12. The van der Waals surface area contributed by atoms with Gasteiger partial charge in [-0.05, 0) is 18.2 Å². The normalized spacial score (nSPS) is 9.88. The Kier molecular flexibility index (Phi) is 9.53. The highest BCUT2D eigenvalue weighted by Crippen LogP contribution is 2.24. The van der Waals surface area contributed by atoms with Gasteiger partial charge in [-0.25, -0.2) is 0 Å². The van der Waals surface area contributed by atoms with Crippen LogP contribution >= 0.6 is 12.4 Å². The van der Waals surface area contributed by atoms with Crippen molar-refractivity contribution in [2.24, 2.45) is 0 Å². The number of amides is 1. The Labute approximate surface area is 148 Å². The number of hydrogen-bond acceptors (Lipinski definition) is 4. The van der Waals surface area contributed by atoms with Crippen LogP contribution in [0.5, 0.6) is 11.5 Å². The van der Waals surface area contributed by atoms with Gasteiger partial charge in [0, 0.05) is 25.8 Å². The van der Waals surface area contributed by atoms with Crippen LogP contribution < -0.4 is 15.4 Å². The molecule has 2 aromatic rings. The first kappa shape index (κ1) is 20.0. The number of ether oxygens (including phenoxy) is 2. The number of carbonyl (C=O) groups excluding carboxylic acids is 1. The van der Waals surface area contributed by atoms with Gasteiger partial charge in [0.25, 0.3) is 0 Å². The average molecular weight is 351 g/mol. The smallest absolute Gasteiger partial charge is 0.234 e.